The van der Waals surface area contributed by atoms with Gasteiger partial charge < -0.3 is 20.6 Å². The summed E-state index contributed by atoms with van der Waals surface area (Å²) in [5, 5.41) is 6.02. The highest BCUT2D eigenvalue weighted by atomic mass is 16.2. The summed E-state index contributed by atoms with van der Waals surface area (Å²) in [5.41, 5.74) is 5.49. The minimum Gasteiger partial charge on any atom is -0.354 e. The van der Waals surface area contributed by atoms with E-state index in [0.29, 0.717) is 48.2 Å². The highest BCUT2D eigenvalue weighted by Crippen LogP contribution is 2.29. The average Bonchev–Trinajstić information content (AvgIpc) is 3.25. The van der Waals surface area contributed by atoms with E-state index in [-0.39, 0.29) is 35.5 Å². The molecule has 0 aliphatic heterocycles. The molecule has 0 saturated heterocycles. The highest BCUT2D eigenvalue weighted by Gasteiger charge is 2.35. The number of Topliss-reactive ketones (excluding diaryl/α,β-unsaturated/α-hetero) is 2. The van der Waals surface area contributed by atoms with Crippen LogP contribution in [0.15, 0.2) is 0 Å². The predicted octanol–water partition coefficient (Wildman–Crippen LogP) is 2.69. The Morgan fingerprint density at radius 1 is 0.719 bits per heavy atom. The number of carbonyl (C=O) groups is 4. The van der Waals surface area contributed by atoms with Crippen molar-refractivity contribution in [2.75, 3.05) is 0 Å². The molecule has 168 valence electrons. The van der Waals surface area contributed by atoms with Crippen LogP contribution in [0.3, 0.4) is 0 Å². The van der Waals surface area contributed by atoms with Crippen LogP contribution in [0.4, 0.5) is 0 Å². The maximum absolute atomic E-state index is 12.8. The summed E-state index contributed by atoms with van der Waals surface area (Å²) in [4.78, 5) is 56.2. The maximum Gasteiger partial charge on any atom is 0.268 e. The van der Waals surface area contributed by atoms with Crippen molar-refractivity contribution in [2.24, 2.45) is 0 Å². The van der Waals surface area contributed by atoms with Gasteiger partial charge in [-0.05, 0) is 63.5 Å². The van der Waals surface area contributed by atoms with Crippen LogP contribution in [0.25, 0.3) is 0 Å². The summed E-state index contributed by atoms with van der Waals surface area (Å²) in [6.07, 6.45) is 5.58. The molecule has 2 heterocycles. The maximum atomic E-state index is 12.8. The number of hydrogen-bond donors (Lipinski definition) is 4. The Labute approximate surface area is 185 Å². The third-order valence-corrected chi connectivity index (χ3v) is 7.14. The molecule has 8 heteroatoms. The topological polar surface area (TPSA) is 124 Å². The van der Waals surface area contributed by atoms with Crippen molar-refractivity contribution >= 4 is 23.4 Å². The smallest absolute Gasteiger partial charge is 0.268 e. The lowest BCUT2D eigenvalue weighted by atomic mass is 9.86. The van der Waals surface area contributed by atoms with Crippen LogP contribution in [0.5, 0.6) is 0 Å². The Morgan fingerprint density at radius 3 is 1.50 bits per heavy atom. The molecule has 0 spiro atoms. The molecule has 3 aliphatic rings. The van der Waals surface area contributed by atoms with Crippen LogP contribution >= 0.6 is 0 Å². The van der Waals surface area contributed by atoms with Gasteiger partial charge in [-0.15, -0.1) is 0 Å². The van der Waals surface area contributed by atoms with E-state index in [2.05, 4.69) is 20.6 Å². The monoisotopic (exact) mass is 436 g/mol. The van der Waals surface area contributed by atoms with Gasteiger partial charge in [-0.3, -0.25) is 19.2 Å². The quantitative estimate of drug-likeness (QED) is 0.588. The Balaban J connectivity index is 1.18. The lowest BCUT2D eigenvalue weighted by Crippen LogP contribution is -2.54. The first-order chi connectivity index (χ1) is 15.3. The minimum absolute atomic E-state index is 0.0252. The van der Waals surface area contributed by atoms with Crippen LogP contribution in [0, 0.1) is 13.8 Å². The average molecular weight is 437 g/mol. The molecular formula is C24H28N4O4. The lowest BCUT2D eigenvalue weighted by Gasteiger charge is -2.36. The van der Waals surface area contributed by atoms with Gasteiger partial charge in [0.05, 0.1) is 0 Å². The molecule has 0 radical (unpaired) electrons. The van der Waals surface area contributed by atoms with Gasteiger partial charge in [-0.1, -0.05) is 0 Å². The van der Waals surface area contributed by atoms with E-state index in [1.807, 2.05) is 13.8 Å². The molecule has 2 amide bonds. The first-order valence-corrected chi connectivity index (χ1v) is 11.4. The van der Waals surface area contributed by atoms with Crippen molar-refractivity contribution in [1.82, 2.24) is 20.6 Å². The number of nitrogens with one attached hydrogen (secondary N) is 4. The van der Waals surface area contributed by atoms with Gasteiger partial charge in [-0.2, -0.15) is 0 Å². The number of fused-ring (bicyclic) bond motifs is 2. The molecule has 0 atom stereocenters. The predicted molar refractivity (Wildman–Crippen MR) is 117 cm³/mol. The standard InChI is InChI=1S/C24H28N4O4/c1-11-19-15(5-3-7-17(19)29)27-21(11)23(31)25-13-9-14(10-13)26-24(32)22-12(2)20-16(28-22)6-4-8-18(20)30/h13-14,27-28H,3-10H2,1-2H3,(H,25,31)(H,26,32). The van der Waals surface area contributed by atoms with Crippen molar-refractivity contribution in [1.29, 1.82) is 0 Å². The molecule has 0 aromatic carbocycles. The number of hydrogen-bond acceptors (Lipinski definition) is 4. The van der Waals surface area contributed by atoms with Gasteiger partial charge in [0, 0.05) is 47.4 Å². The van der Waals surface area contributed by atoms with E-state index in [9.17, 15) is 19.2 Å². The van der Waals surface area contributed by atoms with Crippen molar-refractivity contribution in [3.8, 4) is 0 Å². The molecule has 1 fully saturated rings. The Hall–Kier alpha value is -3.16. The van der Waals surface area contributed by atoms with E-state index < -0.39 is 0 Å². The fourth-order valence-corrected chi connectivity index (χ4v) is 5.37. The molecule has 5 rings (SSSR count). The highest BCUT2D eigenvalue weighted by molar-refractivity contribution is 6.05. The van der Waals surface area contributed by atoms with Crippen LogP contribution in [-0.2, 0) is 12.8 Å². The molecule has 2 aromatic heterocycles. The summed E-state index contributed by atoms with van der Waals surface area (Å²) in [6.45, 7) is 3.64. The second-order valence-electron chi connectivity index (χ2n) is 9.32. The molecule has 0 unspecified atom stereocenters. The zero-order chi connectivity index (χ0) is 22.6. The summed E-state index contributed by atoms with van der Waals surface area (Å²) in [7, 11) is 0. The lowest BCUT2D eigenvalue weighted by molar-refractivity contribution is 0.0855. The third kappa shape index (κ3) is 3.38. The van der Waals surface area contributed by atoms with E-state index in [1.54, 1.807) is 0 Å². The molecule has 2 aromatic rings. The van der Waals surface area contributed by atoms with Gasteiger partial charge in [-0.25, -0.2) is 0 Å². The van der Waals surface area contributed by atoms with Crippen molar-refractivity contribution in [3.63, 3.8) is 0 Å². The number of aromatic amines is 2. The van der Waals surface area contributed by atoms with Crippen molar-refractivity contribution < 1.29 is 19.2 Å². The number of amides is 2. The number of rotatable bonds is 4. The molecule has 8 nitrogen and oxygen atoms in total. The van der Waals surface area contributed by atoms with Gasteiger partial charge in [0.2, 0.25) is 0 Å². The van der Waals surface area contributed by atoms with Gasteiger partial charge in [0.25, 0.3) is 11.8 Å². The summed E-state index contributed by atoms with van der Waals surface area (Å²) in [5.74, 6) is -0.196. The first-order valence-electron chi connectivity index (χ1n) is 11.4. The molecule has 0 bridgehead atoms. The zero-order valence-electron chi connectivity index (χ0n) is 18.4. The van der Waals surface area contributed by atoms with Crippen LogP contribution in [0.1, 0.15) is 103 Å². The largest absolute Gasteiger partial charge is 0.354 e. The molecule has 3 aliphatic carbocycles. The second-order valence-corrected chi connectivity index (χ2v) is 9.32. The summed E-state index contributed by atoms with van der Waals surface area (Å²) in [6, 6.07) is -0.0505. The van der Waals surface area contributed by atoms with Gasteiger partial charge >= 0.3 is 0 Å². The number of aromatic nitrogens is 2. The van der Waals surface area contributed by atoms with E-state index >= 15 is 0 Å². The number of ketones is 2. The molecule has 4 N–H and O–H groups in total. The Bertz CT molecular complexity index is 1060. The van der Waals surface area contributed by atoms with Gasteiger partial charge in [0.15, 0.2) is 11.6 Å². The molecular weight excluding hydrogens is 408 g/mol. The fourth-order valence-electron chi connectivity index (χ4n) is 5.37. The molecule has 32 heavy (non-hydrogen) atoms. The van der Waals surface area contributed by atoms with E-state index in [0.717, 1.165) is 48.2 Å². The third-order valence-electron chi connectivity index (χ3n) is 7.14. The summed E-state index contributed by atoms with van der Waals surface area (Å²) >= 11 is 0. The van der Waals surface area contributed by atoms with Crippen molar-refractivity contribution in [3.05, 3.63) is 45.0 Å². The first kappa shape index (κ1) is 20.7. The molecule has 1 saturated carbocycles. The Morgan fingerprint density at radius 2 is 1.12 bits per heavy atom. The van der Waals surface area contributed by atoms with Crippen molar-refractivity contribution in [2.45, 2.75) is 77.3 Å². The van der Waals surface area contributed by atoms with E-state index in [4.69, 9.17) is 0 Å². The number of carbonyl (C=O) groups excluding carboxylic acids is 4. The van der Waals surface area contributed by atoms with E-state index in [1.165, 1.54) is 0 Å². The summed E-state index contributed by atoms with van der Waals surface area (Å²) < 4.78 is 0. The van der Waals surface area contributed by atoms with Gasteiger partial charge in [0.1, 0.15) is 11.4 Å². The normalized spacial score (nSPS) is 22.1. The SMILES string of the molecule is Cc1c(C(=O)NC2CC(NC(=O)c3[nH]c4c(c3C)C(=O)CCC4)C2)[nH]c2c1C(=O)CCC2. The zero-order valence-corrected chi connectivity index (χ0v) is 18.4. The van der Waals surface area contributed by atoms with Crippen LogP contribution < -0.4 is 10.6 Å². The second kappa shape index (κ2) is 7.76. The van der Waals surface area contributed by atoms with Crippen LogP contribution in [-0.4, -0.2) is 45.4 Å². The number of H-pyrrole nitrogens is 2. The minimum atomic E-state index is -0.203. The number of aryl methyl sites for hydroxylation is 2. The fraction of sp³-hybridized carbons (Fsp3) is 0.500. The van der Waals surface area contributed by atoms with Crippen LogP contribution in [0.2, 0.25) is 0 Å². The Kier molecular flexibility index (Phi) is 5.03.